The predicted molar refractivity (Wildman–Crippen MR) is 183 cm³/mol. The number of hydrogen-bond donors (Lipinski definition) is 0. The quantitative estimate of drug-likeness (QED) is 0.226. The number of nitrogens with zero attached hydrogens (tertiary/aromatic N) is 2. The van der Waals surface area contributed by atoms with Crippen LogP contribution in [0, 0.1) is 0 Å². The Bertz CT molecular complexity index is 1170. The second kappa shape index (κ2) is 12.8. The summed E-state index contributed by atoms with van der Waals surface area (Å²) in [7, 11) is -1.93. The fourth-order valence-electron chi connectivity index (χ4n) is 6.47. The molecule has 5 heteroatoms. The van der Waals surface area contributed by atoms with Crippen molar-refractivity contribution in [1.29, 1.82) is 0 Å². The van der Waals surface area contributed by atoms with Gasteiger partial charge in [0.25, 0.3) is 0 Å². The molecule has 1 heterocycles. The molecule has 1 aliphatic rings. The van der Waals surface area contributed by atoms with Crippen LogP contribution in [0.4, 0.5) is 11.4 Å². The molecule has 0 aliphatic carbocycles. The van der Waals surface area contributed by atoms with Gasteiger partial charge in [0.05, 0.1) is 6.00 Å². The van der Waals surface area contributed by atoms with Gasteiger partial charge >= 0.3 is 6.98 Å². The molecule has 0 saturated carbocycles. The van der Waals surface area contributed by atoms with Crippen molar-refractivity contribution in [3.8, 4) is 0 Å². The first-order valence-electron chi connectivity index (χ1n) is 15.8. The van der Waals surface area contributed by atoms with Crippen LogP contribution >= 0.6 is 0 Å². The molecule has 1 atom stereocenters. The first-order chi connectivity index (χ1) is 19.3. The second-order valence-corrected chi connectivity index (χ2v) is 18.5. The third-order valence-corrected chi connectivity index (χ3v) is 9.32. The molecule has 0 spiro atoms. The van der Waals surface area contributed by atoms with Crippen molar-refractivity contribution in [3.05, 3.63) is 94.5 Å². The largest absolute Gasteiger partial charge is 0.413 e. The van der Waals surface area contributed by atoms with Gasteiger partial charge in [0.1, 0.15) is 0 Å². The van der Waals surface area contributed by atoms with Crippen LogP contribution in [0.1, 0.15) is 113 Å². The average Bonchev–Trinajstić information content (AvgIpc) is 3.34. The van der Waals surface area contributed by atoms with E-state index in [1.54, 1.807) is 0 Å². The molecule has 1 fully saturated rings. The van der Waals surface area contributed by atoms with Gasteiger partial charge in [-0.15, -0.1) is 0 Å². The second-order valence-electron chi connectivity index (χ2n) is 14.1. The van der Waals surface area contributed by atoms with Crippen LogP contribution < -0.4 is 9.62 Å². The number of para-hydroxylation sites is 2. The smallest absolute Gasteiger partial charge is 0.409 e. The van der Waals surface area contributed by atoms with E-state index in [0.29, 0.717) is 23.7 Å². The van der Waals surface area contributed by atoms with Gasteiger partial charge in [-0.25, -0.2) is 0 Å². The fourth-order valence-corrected chi connectivity index (χ4v) is 7.49. The van der Waals surface area contributed by atoms with Gasteiger partial charge in [0.15, 0.2) is 8.32 Å². The molecule has 0 radical (unpaired) electrons. The third kappa shape index (κ3) is 6.78. The zero-order chi connectivity index (χ0) is 30.1. The first kappa shape index (κ1) is 31.4. The molecule has 1 saturated heterocycles. The highest BCUT2D eigenvalue weighted by atomic mass is 28.4. The third-order valence-electron chi connectivity index (χ3n) is 8.36. The van der Waals surface area contributed by atoms with E-state index in [4.69, 9.17) is 4.43 Å². The Kier molecular flexibility index (Phi) is 9.81. The van der Waals surface area contributed by atoms with Crippen molar-refractivity contribution < 1.29 is 4.43 Å². The van der Waals surface area contributed by atoms with Crippen molar-refractivity contribution in [1.82, 2.24) is 0 Å². The van der Waals surface area contributed by atoms with Crippen molar-refractivity contribution in [3.63, 3.8) is 0 Å². The van der Waals surface area contributed by atoms with Gasteiger partial charge in [-0.2, -0.15) is 0 Å². The number of anilines is 2. The van der Waals surface area contributed by atoms with E-state index >= 15 is 0 Å². The van der Waals surface area contributed by atoms with E-state index in [9.17, 15) is 0 Å². The molecule has 220 valence electrons. The highest BCUT2D eigenvalue weighted by Gasteiger charge is 2.48. The minimum atomic E-state index is -1.93. The summed E-state index contributed by atoms with van der Waals surface area (Å²) in [6.07, 6.45) is 0. The molecular formula is C36H53BN2OSi. The monoisotopic (exact) mass is 568 g/mol. The Morgan fingerprint density at radius 1 is 0.561 bits per heavy atom. The van der Waals surface area contributed by atoms with Crippen molar-refractivity contribution >= 4 is 26.7 Å². The molecular weight excluding hydrogens is 515 g/mol. The molecule has 0 N–H and O–H groups in total. The summed E-state index contributed by atoms with van der Waals surface area (Å²) in [6, 6.07) is 24.8. The predicted octanol–water partition coefficient (Wildman–Crippen LogP) is 10.1. The van der Waals surface area contributed by atoms with E-state index in [0.717, 1.165) is 13.1 Å². The van der Waals surface area contributed by atoms with Gasteiger partial charge in [-0.3, -0.25) is 0 Å². The van der Waals surface area contributed by atoms with Crippen LogP contribution in [0.5, 0.6) is 0 Å². The lowest BCUT2D eigenvalue weighted by Crippen LogP contribution is -2.53. The normalized spacial score (nSPS) is 15.2. The average molecular weight is 569 g/mol. The summed E-state index contributed by atoms with van der Waals surface area (Å²) >= 11 is 0. The Morgan fingerprint density at radius 3 is 1.24 bits per heavy atom. The minimum Gasteiger partial charge on any atom is -0.413 e. The van der Waals surface area contributed by atoms with Crippen molar-refractivity contribution in [2.45, 2.75) is 105 Å². The maximum atomic E-state index is 7.27. The highest BCUT2D eigenvalue weighted by Crippen LogP contribution is 2.45. The van der Waals surface area contributed by atoms with Crippen LogP contribution in [0.3, 0.4) is 0 Å². The van der Waals surface area contributed by atoms with Crippen LogP contribution in [0.15, 0.2) is 66.7 Å². The lowest BCUT2D eigenvalue weighted by atomic mass is 9.62. The molecule has 3 aromatic rings. The molecule has 0 bridgehead atoms. The van der Waals surface area contributed by atoms with E-state index in [2.05, 4.69) is 151 Å². The fraction of sp³-hybridized carbons (Fsp3) is 0.500. The molecule has 1 aliphatic heterocycles. The molecule has 0 unspecified atom stereocenters. The Morgan fingerprint density at radius 2 is 0.927 bits per heavy atom. The summed E-state index contributed by atoms with van der Waals surface area (Å²) in [5.41, 5.74) is 9.83. The summed E-state index contributed by atoms with van der Waals surface area (Å²) in [5, 5.41) is 0. The van der Waals surface area contributed by atoms with Crippen molar-refractivity contribution in [2.24, 2.45) is 0 Å². The minimum absolute atomic E-state index is 0.0407. The van der Waals surface area contributed by atoms with E-state index in [1.165, 1.54) is 39.2 Å². The van der Waals surface area contributed by atoms with E-state index in [1.807, 2.05) is 0 Å². The summed E-state index contributed by atoms with van der Waals surface area (Å²) in [5.74, 6) is 1.72. The topological polar surface area (TPSA) is 15.7 Å². The zero-order valence-electron chi connectivity index (χ0n) is 27.5. The molecule has 3 aromatic carbocycles. The maximum absolute atomic E-state index is 7.27. The first-order valence-corrected chi connectivity index (χ1v) is 19.2. The maximum Gasteiger partial charge on any atom is 0.409 e. The summed E-state index contributed by atoms with van der Waals surface area (Å²) in [6.45, 7) is 27.7. The number of hydrogen-bond acceptors (Lipinski definition) is 3. The Labute approximate surface area is 252 Å². The van der Waals surface area contributed by atoms with Crippen LogP contribution in [-0.2, 0) is 4.43 Å². The van der Waals surface area contributed by atoms with Crippen LogP contribution in [-0.4, -0.2) is 28.4 Å². The van der Waals surface area contributed by atoms with Gasteiger partial charge in [0, 0.05) is 24.5 Å². The van der Waals surface area contributed by atoms with Crippen LogP contribution in [0.2, 0.25) is 19.6 Å². The van der Waals surface area contributed by atoms with E-state index < -0.39 is 8.32 Å². The van der Waals surface area contributed by atoms with Gasteiger partial charge < -0.3 is 14.0 Å². The zero-order valence-corrected chi connectivity index (χ0v) is 28.5. The Balaban J connectivity index is 2.05. The van der Waals surface area contributed by atoms with E-state index in [-0.39, 0.29) is 13.0 Å². The lowest BCUT2D eigenvalue weighted by Gasteiger charge is -2.41. The summed E-state index contributed by atoms with van der Waals surface area (Å²) in [4.78, 5) is 5.45. The number of rotatable bonds is 10. The standard InChI is InChI=1S/C36H53BN2OSi/c1-25(2)30-19-15-20-31(26(3)4)34(30)38-23-24-39(35-32(27(5)6)21-16-22-33(35)28(7)8)37(38)36(40-41(9,10)11)29-17-13-12-14-18-29/h12-22,25-28,36H,23-24H2,1-11H3/t36-/m0/s1. The van der Waals surface area contributed by atoms with Crippen LogP contribution in [0.25, 0.3) is 0 Å². The SMILES string of the molecule is CC(C)c1cccc(C(C)C)c1N1CCN(c2c(C(C)C)cccc2C(C)C)B1[C@@H](O[Si](C)(C)C)c1ccccc1. The molecule has 4 rings (SSSR count). The Hall–Kier alpha value is -2.50. The molecule has 41 heavy (non-hydrogen) atoms. The lowest BCUT2D eigenvalue weighted by molar-refractivity contribution is 0.271. The highest BCUT2D eigenvalue weighted by molar-refractivity contribution is 6.73. The van der Waals surface area contributed by atoms with Gasteiger partial charge in [-0.1, -0.05) is 122 Å². The van der Waals surface area contributed by atoms with Crippen molar-refractivity contribution in [2.75, 3.05) is 22.7 Å². The van der Waals surface area contributed by atoms with Gasteiger partial charge in [0.2, 0.25) is 0 Å². The molecule has 0 amide bonds. The molecule has 0 aromatic heterocycles. The number of benzene rings is 3. The molecule has 3 nitrogen and oxygen atoms in total. The van der Waals surface area contributed by atoms with Gasteiger partial charge in [-0.05, 0) is 71.1 Å². The summed E-state index contributed by atoms with van der Waals surface area (Å²) < 4.78 is 7.27.